The second-order valence-electron chi connectivity index (χ2n) is 4.08. The molecule has 1 fully saturated rings. The highest BCUT2D eigenvalue weighted by Gasteiger charge is 2.37. The van der Waals surface area contributed by atoms with Crippen molar-refractivity contribution in [2.24, 2.45) is 0 Å². The zero-order chi connectivity index (χ0) is 10.5. The van der Waals surface area contributed by atoms with Crippen LogP contribution in [0, 0.1) is 0 Å². The normalized spacial score (nSPS) is 31.8. The molecule has 80 valence electrons. The highest BCUT2D eigenvalue weighted by Crippen LogP contribution is 2.39. The van der Waals surface area contributed by atoms with E-state index >= 15 is 0 Å². The zero-order valence-corrected chi connectivity index (χ0v) is 10.2. The Kier molecular flexibility index (Phi) is 5.33. The van der Waals surface area contributed by atoms with E-state index in [0.29, 0.717) is 0 Å². The van der Waals surface area contributed by atoms with Gasteiger partial charge in [-0.2, -0.15) is 0 Å². The van der Waals surface area contributed by atoms with Crippen LogP contribution in [0.4, 0.5) is 0 Å². The number of ether oxygens (including phenoxy) is 1. The Hall–Kier alpha value is 0.270. The van der Waals surface area contributed by atoms with Gasteiger partial charge < -0.3 is 9.29 Å². The van der Waals surface area contributed by atoms with Crippen LogP contribution in [0.25, 0.3) is 0 Å². The average Bonchev–Trinajstić information content (AvgIpc) is 2.06. The minimum atomic E-state index is -0.0667. The molecule has 1 N–H and O–H groups in total. The van der Waals surface area contributed by atoms with Crippen LogP contribution in [0.5, 0.6) is 0 Å². The SMILES string of the molecule is CC.CC1(C)CC(C)(SO)CCO1. The summed E-state index contributed by atoms with van der Waals surface area (Å²) in [7, 11) is 0. The Morgan fingerprint density at radius 2 is 1.77 bits per heavy atom. The molecule has 1 atom stereocenters. The molecule has 0 aromatic carbocycles. The van der Waals surface area contributed by atoms with E-state index in [-0.39, 0.29) is 10.3 Å². The lowest BCUT2D eigenvalue weighted by atomic mass is 9.89. The van der Waals surface area contributed by atoms with Crippen molar-refractivity contribution < 1.29 is 9.29 Å². The van der Waals surface area contributed by atoms with Gasteiger partial charge in [0, 0.05) is 11.4 Å². The van der Waals surface area contributed by atoms with Crippen LogP contribution >= 0.6 is 12.0 Å². The van der Waals surface area contributed by atoms with Gasteiger partial charge in [-0.15, -0.1) is 0 Å². The maximum Gasteiger partial charge on any atom is 0.0640 e. The molecule has 1 rings (SSSR count). The monoisotopic (exact) mass is 206 g/mol. The predicted octanol–water partition coefficient (Wildman–Crippen LogP) is 3.57. The molecule has 0 aromatic heterocycles. The molecule has 0 spiro atoms. The summed E-state index contributed by atoms with van der Waals surface area (Å²) in [6.07, 6.45) is 1.86. The van der Waals surface area contributed by atoms with Gasteiger partial charge in [0.2, 0.25) is 0 Å². The Morgan fingerprint density at radius 3 is 2.08 bits per heavy atom. The highest BCUT2D eigenvalue weighted by molar-refractivity contribution is 7.95. The summed E-state index contributed by atoms with van der Waals surface area (Å²) < 4.78 is 14.6. The largest absolute Gasteiger partial charge is 0.375 e. The molecular formula is C10H22O2S. The minimum absolute atomic E-state index is 0.00174. The fourth-order valence-electron chi connectivity index (χ4n) is 1.66. The summed E-state index contributed by atoms with van der Waals surface area (Å²) in [6.45, 7) is 11.0. The molecule has 0 amide bonds. The molecule has 2 nitrogen and oxygen atoms in total. The van der Waals surface area contributed by atoms with Gasteiger partial charge in [0.25, 0.3) is 0 Å². The molecule has 1 unspecified atom stereocenters. The van der Waals surface area contributed by atoms with Crippen LogP contribution in [0.3, 0.4) is 0 Å². The zero-order valence-electron chi connectivity index (χ0n) is 9.39. The molecule has 0 bridgehead atoms. The standard InChI is InChI=1S/C8H16O2S.C2H6/c1-7(2)6-8(3,11-9)4-5-10-7;1-2/h9H,4-6H2,1-3H3;1-2H3. The highest BCUT2D eigenvalue weighted by atomic mass is 32.2. The molecule has 1 saturated heterocycles. The lowest BCUT2D eigenvalue weighted by molar-refractivity contribution is -0.0623. The number of hydrogen-bond acceptors (Lipinski definition) is 3. The first-order valence-electron chi connectivity index (χ1n) is 4.94. The fraction of sp³-hybridized carbons (Fsp3) is 1.00. The van der Waals surface area contributed by atoms with Gasteiger partial charge in [-0.3, -0.25) is 0 Å². The van der Waals surface area contributed by atoms with E-state index in [9.17, 15) is 0 Å². The number of rotatable bonds is 1. The van der Waals surface area contributed by atoms with Gasteiger partial charge >= 0.3 is 0 Å². The third-order valence-corrected chi connectivity index (χ3v) is 2.93. The predicted molar refractivity (Wildman–Crippen MR) is 59.2 cm³/mol. The van der Waals surface area contributed by atoms with E-state index in [0.717, 1.165) is 31.5 Å². The van der Waals surface area contributed by atoms with Crippen LogP contribution in [0.1, 0.15) is 47.5 Å². The third-order valence-electron chi connectivity index (χ3n) is 2.14. The lowest BCUT2D eigenvalue weighted by Crippen LogP contribution is -2.41. The molecule has 0 aliphatic carbocycles. The van der Waals surface area contributed by atoms with Crippen molar-refractivity contribution in [1.82, 2.24) is 0 Å². The second kappa shape index (κ2) is 5.23. The van der Waals surface area contributed by atoms with E-state index in [1.807, 2.05) is 13.8 Å². The van der Waals surface area contributed by atoms with Crippen LogP contribution in [-0.4, -0.2) is 21.5 Å². The number of hydrogen-bond donors (Lipinski definition) is 1. The Labute approximate surface area is 86.3 Å². The summed E-state index contributed by atoms with van der Waals surface area (Å²) in [5, 5.41) is 0. The molecule has 0 saturated carbocycles. The maximum absolute atomic E-state index is 9.04. The molecule has 1 aliphatic heterocycles. The van der Waals surface area contributed by atoms with Gasteiger partial charge in [0.05, 0.1) is 5.60 Å². The van der Waals surface area contributed by atoms with Crippen LogP contribution in [0.2, 0.25) is 0 Å². The maximum atomic E-state index is 9.04. The van der Waals surface area contributed by atoms with E-state index in [2.05, 4.69) is 20.8 Å². The summed E-state index contributed by atoms with van der Waals surface area (Å²) in [5.74, 6) is 0. The van der Waals surface area contributed by atoms with Crippen molar-refractivity contribution in [3.63, 3.8) is 0 Å². The van der Waals surface area contributed by atoms with Crippen molar-refractivity contribution in [2.75, 3.05) is 6.61 Å². The molecular weight excluding hydrogens is 184 g/mol. The molecule has 13 heavy (non-hydrogen) atoms. The first kappa shape index (κ1) is 13.3. The van der Waals surface area contributed by atoms with Crippen molar-refractivity contribution >= 4 is 12.0 Å². The smallest absolute Gasteiger partial charge is 0.0640 e. The Bertz CT molecular complexity index is 148. The second-order valence-corrected chi connectivity index (χ2v) is 5.24. The molecule has 3 heteroatoms. The van der Waals surface area contributed by atoms with E-state index in [1.165, 1.54) is 0 Å². The Balaban J connectivity index is 0.000000671. The van der Waals surface area contributed by atoms with Crippen molar-refractivity contribution in [3.8, 4) is 0 Å². The summed E-state index contributed by atoms with van der Waals surface area (Å²) in [4.78, 5) is 0. The minimum Gasteiger partial charge on any atom is -0.375 e. The quantitative estimate of drug-likeness (QED) is 0.665. The van der Waals surface area contributed by atoms with E-state index < -0.39 is 0 Å². The molecule has 0 radical (unpaired) electrons. The molecule has 0 aromatic rings. The van der Waals surface area contributed by atoms with Gasteiger partial charge in [0.15, 0.2) is 0 Å². The average molecular weight is 206 g/mol. The van der Waals surface area contributed by atoms with E-state index in [1.54, 1.807) is 0 Å². The van der Waals surface area contributed by atoms with Crippen molar-refractivity contribution in [3.05, 3.63) is 0 Å². The Morgan fingerprint density at radius 1 is 1.23 bits per heavy atom. The summed E-state index contributed by atoms with van der Waals surface area (Å²) in [5.41, 5.74) is -0.0667. The molecule has 1 aliphatic rings. The fourth-order valence-corrected chi connectivity index (χ4v) is 2.25. The van der Waals surface area contributed by atoms with Gasteiger partial charge in [-0.05, 0) is 45.7 Å². The lowest BCUT2D eigenvalue weighted by Gasteiger charge is -2.40. The first-order chi connectivity index (χ1) is 5.97. The van der Waals surface area contributed by atoms with Crippen LogP contribution in [-0.2, 0) is 4.74 Å². The summed E-state index contributed by atoms with van der Waals surface area (Å²) in [6, 6.07) is 0. The van der Waals surface area contributed by atoms with Crippen molar-refractivity contribution in [1.29, 1.82) is 0 Å². The summed E-state index contributed by atoms with van der Waals surface area (Å²) >= 11 is 0.970. The first-order valence-corrected chi connectivity index (χ1v) is 5.71. The van der Waals surface area contributed by atoms with E-state index in [4.69, 9.17) is 9.29 Å². The molecule has 1 heterocycles. The third kappa shape index (κ3) is 4.34. The van der Waals surface area contributed by atoms with Gasteiger partial charge in [-0.25, -0.2) is 0 Å². The van der Waals surface area contributed by atoms with Gasteiger partial charge in [0.1, 0.15) is 0 Å². The van der Waals surface area contributed by atoms with Crippen LogP contribution in [0.15, 0.2) is 0 Å². The van der Waals surface area contributed by atoms with Crippen molar-refractivity contribution in [2.45, 2.75) is 57.8 Å². The topological polar surface area (TPSA) is 29.5 Å². The van der Waals surface area contributed by atoms with Crippen LogP contribution < -0.4 is 0 Å². The van der Waals surface area contributed by atoms with Gasteiger partial charge in [-0.1, -0.05) is 13.8 Å².